The van der Waals surface area contributed by atoms with Gasteiger partial charge in [-0.3, -0.25) is 4.98 Å². The normalized spacial score (nSPS) is 10.3. The van der Waals surface area contributed by atoms with Crippen LogP contribution in [0.3, 0.4) is 0 Å². The average Bonchev–Trinajstić information content (AvgIpc) is 0.819. The van der Waals surface area contributed by atoms with E-state index in [2.05, 4.69) is 390 Å². The third-order valence-electron chi connectivity index (χ3n) is 16.6. The molecule has 0 spiro atoms. The Labute approximate surface area is 690 Å². The van der Waals surface area contributed by atoms with Gasteiger partial charge in [0.1, 0.15) is 16.2 Å². The maximum atomic E-state index is 13.1. The fourth-order valence-electron chi connectivity index (χ4n) is 11.3. The minimum absolute atomic E-state index is 0. The van der Waals surface area contributed by atoms with E-state index < -0.39 is 38.8 Å². The molecule has 554 valence electrons. The molecule has 0 aliphatic heterocycles. The van der Waals surface area contributed by atoms with Gasteiger partial charge in [-0.2, -0.15) is 0 Å². The number of benzene rings is 14. The van der Waals surface area contributed by atoms with E-state index in [1.165, 1.54) is 87.9 Å². The van der Waals surface area contributed by atoms with Crippen molar-refractivity contribution in [3.05, 3.63) is 474 Å². The van der Waals surface area contributed by atoms with Crippen LogP contribution in [0, 0.1) is 25.5 Å². The summed E-state index contributed by atoms with van der Waals surface area (Å²) in [7, 11) is -3.30. The summed E-state index contributed by atoms with van der Waals surface area (Å²) in [6.07, 6.45) is 3.34. The van der Waals surface area contributed by atoms with Crippen molar-refractivity contribution in [2.45, 2.75) is 13.8 Å². The molecule has 0 saturated heterocycles. The third kappa shape index (κ3) is 27.0. The maximum Gasteiger partial charge on any atom is 0.488 e. The number of nitrogens with zero attached hydrogens (tertiary/aromatic N) is 2. The van der Waals surface area contributed by atoms with Crippen LogP contribution in [-0.4, -0.2) is 27.1 Å². The van der Waals surface area contributed by atoms with Crippen LogP contribution >= 0.6 is 70.8 Å². The Balaban J connectivity index is 0.000000151. The maximum absolute atomic E-state index is 13.1. The predicted molar refractivity (Wildman–Crippen MR) is 478 cm³/mol. The SMILES string of the molecule is Cc1cc(-c2ncccc2Cl)ccc1F.Cc1cc(B(O)O)ccc1F.Clc1cccnc1Br.[Pd].c1ccc(P(c2ccccc2)c2ccccc2)cc1.c1ccc(P(c2ccccc2)c2ccccc2)cc1.c1ccc(P(c2ccccc2)c2ccccc2)cc1.c1ccc(P(c2ccccc2)c2ccccc2)cc1. The zero-order valence-electron chi connectivity index (χ0n) is 60.9. The van der Waals surface area contributed by atoms with Gasteiger partial charge in [0, 0.05) is 38.4 Å². The summed E-state index contributed by atoms with van der Waals surface area (Å²) in [6, 6.07) is 145. The van der Waals surface area contributed by atoms with Gasteiger partial charge in [-0.05, 0) is 190 Å². The van der Waals surface area contributed by atoms with Gasteiger partial charge in [-0.1, -0.05) is 399 Å². The molecule has 14 aromatic carbocycles. The van der Waals surface area contributed by atoms with Gasteiger partial charge >= 0.3 is 7.12 Å². The zero-order valence-corrected chi connectivity index (χ0v) is 69.2. The molecule has 0 aliphatic carbocycles. The third-order valence-corrected chi connectivity index (χ3v) is 27.8. The van der Waals surface area contributed by atoms with Gasteiger partial charge in [-0.25, -0.2) is 13.8 Å². The Morgan fingerprint density at radius 2 is 0.495 bits per heavy atom. The summed E-state index contributed by atoms with van der Waals surface area (Å²) < 4.78 is 26.4. The molecule has 0 radical (unpaired) electrons. The molecule has 0 aliphatic rings. The first kappa shape index (κ1) is 85.7. The number of aryl methyl sites for hydroxylation is 2. The fraction of sp³-hybridized carbons (Fsp3) is 0.0208. The van der Waals surface area contributed by atoms with Crippen LogP contribution in [0.1, 0.15) is 11.1 Å². The van der Waals surface area contributed by atoms with Gasteiger partial charge in [0.05, 0.1) is 15.7 Å². The van der Waals surface area contributed by atoms with Gasteiger partial charge in [0.15, 0.2) is 0 Å². The molecule has 2 aromatic heterocycles. The Hall–Kier alpha value is -9.33. The fourth-order valence-corrected chi connectivity index (χ4v) is 21.1. The molecule has 0 atom stereocenters. The van der Waals surface area contributed by atoms with Crippen molar-refractivity contribution >= 4 is 147 Å². The second-order valence-electron chi connectivity index (χ2n) is 24.3. The Kier molecular flexibility index (Phi) is 36.4. The van der Waals surface area contributed by atoms with Gasteiger partial charge in [0.2, 0.25) is 0 Å². The number of hydrogen-bond donors (Lipinski definition) is 2. The van der Waals surface area contributed by atoms with Crippen molar-refractivity contribution < 1.29 is 39.3 Å². The molecule has 16 aromatic rings. The molecular weight excluding hydrogens is 1640 g/mol. The van der Waals surface area contributed by atoms with E-state index >= 15 is 0 Å². The van der Waals surface area contributed by atoms with Crippen LogP contribution in [0.25, 0.3) is 11.3 Å². The van der Waals surface area contributed by atoms with E-state index in [1.54, 1.807) is 62.6 Å². The van der Waals surface area contributed by atoms with Crippen LogP contribution in [0.2, 0.25) is 10.0 Å². The van der Waals surface area contributed by atoms with Crippen LogP contribution in [0.15, 0.2) is 442 Å². The number of halogens is 5. The standard InChI is InChI=1S/4C18H15P.C12H9ClFN.C7H8BFO2.C5H3BrClN.Pd/c4*1-4-10-16(11-5-1)19(17-12-6-2-7-13-17)18-14-8-3-9-15-18;1-8-7-9(4-5-11(8)14)12-10(13)3-2-6-15-12;1-5-4-6(8(10)11)2-3-7(5)9;6-5-4(7)2-1-3-8-5;/h4*1-15H;2-7H,1H3;2-4,10-11H,1H3;1-3H;. The molecule has 4 nitrogen and oxygen atoms in total. The van der Waals surface area contributed by atoms with Crippen LogP contribution < -0.4 is 69.1 Å². The van der Waals surface area contributed by atoms with E-state index in [0.29, 0.717) is 36.9 Å². The molecular formula is C96H80BBrCl2F2N2O2P4Pd. The smallest absolute Gasteiger partial charge is 0.423 e. The number of hydrogen-bond acceptors (Lipinski definition) is 4. The molecule has 0 unspecified atom stereocenters. The second kappa shape index (κ2) is 47.1. The topological polar surface area (TPSA) is 66.2 Å². The van der Waals surface area contributed by atoms with E-state index in [1.807, 2.05) is 0 Å². The molecule has 0 fully saturated rings. The Bertz CT molecular complexity index is 4400. The van der Waals surface area contributed by atoms with Crippen LogP contribution in [0.4, 0.5) is 8.78 Å². The first-order valence-electron chi connectivity index (χ1n) is 35.5. The average molecular weight is 1720 g/mol. The van der Waals surface area contributed by atoms with Crippen LogP contribution in [-0.2, 0) is 20.4 Å². The van der Waals surface area contributed by atoms with Gasteiger partial charge in [-0.15, -0.1) is 0 Å². The van der Waals surface area contributed by atoms with E-state index in [4.69, 9.17) is 33.2 Å². The summed E-state index contributed by atoms with van der Waals surface area (Å²) in [4.78, 5) is 8.03. The number of pyridine rings is 2. The van der Waals surface area contributed by atoms with E-state index in [0.717, 1.165) is 5.56 Å². The molecule has 111 heavy (non-hydrogen) atoms. The Morgan fingerprint density at radius 1 is 0.279 bits per heavy atom. The van der Waals surface area contributed by atoms with Crippen molar-refractivity contribution in [1.82, 2.24) is 9.97 Å². The summed E-state index contributed by atoms with van der Waals surface area (Å²) in [5, 5.41) is 35.3. The molecule has 2 N–H and O–H groups in total. The first-order chi connectivity index (χ1) is 53.9. The number of rotatable bonds is 14. The molecule has 0 bridgehead atoms. The van der Waals surface area contributed by atoms with Crippen LogP contribution in [0.5, 0.6) is 0 Å². The predicted octanol–water partition coefficient (Wildman–Crippen LogP) is 19.9. The van der Waals surface area contributed by atoms with E-state index in [9.17, 15) is 8.78 Å². The first-order valence-corrected chi connectivity index (χ1v) is 42.4. The van der Waals surface area contributed by atoms with Crippen molar-refractivity contribution in [3.63, 3.8) is 0 Å². The summed E-state index contributed by atoms with van der Waals surface area (Å²) in [5.74, 6) is -0.555. The quantitative estimate of drug-likeness (QED) is 0.0647. The van der Waals surface area contributed by atoms with Crippen molar-refractivity contribution in [2.75, 3.05) is 0 Å². The minimum atomic E-state index is -1.52. The molecule has 2 heterocycles. The molecule has 16 rings (SSSR count). The summed E-state index contributed by atoms with van der Waals surface area (Å²) >= 11 is 14.7. The van der Waals surface area contributed by atoms with Crippen molar-refractivity contribution in [3.8, 4) is 11.3 Å². The Morgan fingerprint density at radius 3 is 0.685 bits per heavy atom. The monoisotopic (exact) mass is 1720 g/mol. The molecule has 0 amide bonds. The second-order valence-corrected chi connectivity index (χ2v) is 34.8. The molecule has 15 heteroatoms. The number of aromatic nitrogens is 2. The molecule has 0 saturated carbocycles. The zero-order chi connectivity index (χ0) is 76.9. The van der Waals surface area contributed by atoms with Gasteiger partial charge < -0.3 is 10.0 Å². The summed E-state index contributed by atoms with van der Waals surface area (Å²) in [5.41, 5.74) is 2.83. The minimum Gasteiger partial charge on any atom is -0.423 e. The summed E-state index contributed by atoms with van der Waals surface area (Å²) in [6.45, 7) is 3.29. The largest absolute Gasteiger partial charge is 0.488 e. The van der Waals surface area contributed by atoms with E-state index in [-0.39, 0.29) is 32.1 Å². The van der Waals surface area contributed by atoms with Gasteiger partial charge in [0.25, 0.3) is 0 Å². The van der Waals surface area contributed by atoms with Crippen molar-refractivity contribution in [1.29, 1.82) is 0 Å². The van der Waals surface area contributed by atoms with Crippen molar-refractivity contribution in [2.24, 2.45) is 0 Å².